The maximum Gasteiger partial charge on any atom is 0.277 e. The molecular formula is C20H34N3O2+. The Labute approximate surface area is 152 Å². The van der Waals surface area contributed by atoms with Gasteiger partial charge in [-0.2, -0.15) is 0 Å². The van der Waals surface area contributed by atoms with Crippen molar-refractivity contribution in [3.8, 4) is 0 Å². The van der Waals surface area contributed by atoms with Crippen LogP contribution in [-0.4, -0.2) is 43.9 Å². The second kappa shape index (κ2) is 10.2. The van der Waals surface area contributed by atoms with Gasteiger partial charge < -0.3 is 15.5 Å². The molecule has 0 unspecified atom stereocenters. The van der Waals surface area contributed by atoms with E-state index in [4.69, 9.17) is 0 Å². The van der Waals surface area contributed by atoms with E-state index >= 15 is 0 Å². The molecule has 140 valence electrons. The van der Waals surface area contributed by atoms with Crippen LogP contribution < -0.4 is 10.6 Å². The minimum atomic E-state index is -0.156. The molecule has 0 fully saturated rings. The lowest BCUT2D eigenvalue weighted by Crippen LogP contribution is -2.88. The fourth-order valence-electron chi connectivity index (χ4n) is 2.84. The number of quaternary nitrogens is 1. The van der Waals surface area contributed by atoms with Crippen molar-refractivity contribution < 1.29 is 14.9 Å². The molecule has 5 heteroatoms. The summed E-state index contributed by atoms with van der Waals surface area (Å²) in [5.41, 5.74) is 2.60. The molecule has 0 aliphatic carbocycles. The highest BCUT2D eigenvalue weighted by Crippen LogP contribution is 2.23. The molecule has 0 saturated carbocycles. The average molecular weight is 349 g/mol. The number of benzene rings is 1. The topological polar surface area (TPSA) is 66.0 Å². The van der Waals surface area contributed by atoms with Gasteiger partial charge in [0.15, 0.2) is 6.54 Å². The van der Waals surface area contributed by atoms with Crippen LogP contribution >= 0.6 is 0 Å². The highest BCUT2D eigenvalue weighted by molar-refractivity contribution is 5.84. The van der Waals surface area contributed by atoms with Crippen LogP contribution in [0, 0.1) is 5.92 Å². The molecule has 0 saturated heterocycles. The average Bonchev–Trinajstić information content (AvgIpc) is 2.60. The monoisotopic (exact) mass is 348 g/mol. The van der Waals surface area contributed by atoms with Gasteiger partial charge >= 0.3 is 0 Å². The summed E-state index contributed by atoms with van der Waals surface area (Å²) < 4.78 is 0. The molecule has 1 aromatic rings. The number of amides is 2. The summed E-state index contributed by atoms with van der Waals surface area (Å²) in [5.74, 6) is 0.782. The number of carbonyl (C=O) groups is 2. The van der Waals surface area contributed by atoms with E-state index in [0.29, 0.717) is 18.4 Å². The van der Waals surface area contributed by atoms with Gasteiger partial charge in [0.05, 0.1) is 6.54 Å². The lowest BCUT2D eigenvalue weighted by atomic mass is 9.92. The molecule has 0 spiro atoms. The zero-order valence-electron chi connectivity index (χ0n) is 16.5. The Morgan fingerprint density at radius 3 is 2.16 bits per heavy atom. The van der Waals surface area contributed by atoms with Crippen LogP contribution in [0.3, 0.4) is 0 Å². The maximum absolute atomic E-state index is 12.2. The highest BCUT2D eigenvalue weighted by atomic mass is 16.2. The molecule has 0 aliphatic heterocycles. The van der Waals surface area contributed by atoms with Gasteiger partial charge in [0, 0.05) is 25.6 Å². The lowest BCUT2D eigenvalue weighted by Gasteiger charge is -2.22. The first kappa shape index (κ1) is 21.2. The molecule has 2 atom stereocenters. The minimum absolute atomic E-state index is 0.0366. The van der Waals surface area contributed by atoms with Crippen LogP contribution in [0.25, 0.3) is 0 Å². The molecule has 25 heavy (non-hydrogen) atoms. The summed E-state index contributed by atoms with van der Waals surface area (Å²) in [6.45, 7) is 9.21. The molecule has 3 N–H and O–H groups in total. The second-order valence-electron chi connectivity index (χ2n) is 7.11. The summed E-state index contributed by atoms with van der Waals surface area (Å²) in [4.78, 5) is 25.1. The summed E-state index contributed by atoms with van der Waals surface area (Å²) in [5, 5.41) is 4.61. The van der Waals surface area contributed by atoms with E-state index in [1.54, 1.807) is 14.1 Å². The third-order valence-corrected chi connectivity index (χ3v) is 4.85. The van der Waals surface area contributed by atoms with Crippen LogP contribution in [0.2, 0.25) is 0 Å². The Balaban J connectivity index is 2.71. The number of carbonyl (C=O) groups excluding carboxylic acids is 2. The van der Waals surface area contributed by atoms with Gasteiger partial charge in [-0.1, -0.05) is 52.0 Å². The molecule has 1 aromatic carbocycles. The molecule has 1 rings (SSSR count). The Morgan fingerprint density at radius 1 is 1.12 bits per heavy atom. The van der Waals surface area contributed by atoms with Gasteiger partial charge in [0.2, 0.25) is 5.91 Å². The summed E-state index contributed by atoms with van der Waals surface area (Å²) in [6.07, 6.45) is 1.13. The number of likely N-dealkylation sites (N-methyl/N-ethyl adjacent to an activating group) is 2. The molecule has 5 nitrogen and oxygen atoms in total. The molecule has 0 aliphatic rings. The van der Waals surface area contributed by atoms with E-state index in [1.165, 1.54) is 16.0 Å². The van der Waals surface area contributed by atoms with Crippen molar-refractivity contribution in [3.05, 3.63) is 35.4 Å². The Morgan fingerprint density at radius 2 is 1.68 bits per heavy atom. The quantitative estimate of drug-likeness (QED) is 0.713. The molecule has 0 heterocycles. The van der Waals surface area contributed by atoms with Gasteiger partial charge in [-0.05, 0) is 17.9 Å². The van der Waals surface area contributed by atoms with Crippen molar-refractivity contribution in [2.45, 2.75) is 46.1 Å². The van der Waals surface area contributed by atoms with E-state index in [2.05, 4.69) is 62.6 Å². The van der Waals surface area contributed by atoms with E-state index < -0.39 is 0 Å². The van der Waals surface area contributed by atoms with Gasteiger partial charge in [0.25, 0.3) is 5.91 Å². The van der Waals surface area contributed by atoms with E-state index in [-0.39, 0.29) is 24.4 Å². The first-order valence-corrected chi connectivity index (χ1v) is 9.17. The Kier molecular flexibility index (Phi) is 8.62. The summed E-state index contributed by atoms with van der Waals surface area (Å²) in [6, 6.07) is 8.99. The summed E-state index contributed by atoms with van der Waals surface area (Å²) in [7, 11) is 3.24. The molecule has 0 bridgehead atoms. The van der Waals surface area contributed by atoms with E-state index in [0.717, 1.165) is 6.42 Å². The van der Waals surface area contributed by atoms with Crippen LogP contribution in [0.1, 0.15) is 57.2 Å². The fourth-order valence-corrected chi connectivity index (χ4v) is 2.84. The minimum Gasteiger partial charge on any atom is -0.358 e. The third-order valence-electron chi connectivity index (χ3n) is 4.85. The number of nitrogens with zero attached hydrogens (tertiary/aromatic N) is 1. The highest BCUT2D eigenvalue weighted by Gasteiger charge is 2.22. The van der Waals surface area contributed by atoms with Crippen LogP contribution in [0.4, 0.5) is 0 Å². The van der Waals surface area contributed by atoms with E-state index in [9.17, 15) is 9.59 Å². The normalized spacial score (nSPS) is 13.4. The number of rotatable bonds is 9. The molecular weight excluding hydrogens is 314 g/mol. The van der Waals surface area contributed by atoms with Crippen molar-refractivity contribution >= 4 is 11.8 Å². The lowest BCUT2D eigenvalue weighted by molar-refractivity contribution is -0.692. The maximum atomic E-state index is 12.2. The zero-order chi connectivity index (χ0) is 19.0. The van der Waals surface area contributed by atoms with Crippen molar-refractivity contribution in [2.24, 2.45) is 5.92 Å². The molecule has 2 amide bonds. The van der Waals surface area contributed by atoms with Crippen LogP contribution in [0.5, 0.6) is 0 Å². The van der Waals surface area contributed by atoms with Crippen LogP contribution in [0.15, 0.2) is 24.3 Å². The van der Waals surface area contributed by atoms with Crippen molar-refractivity contribution in [3.63, 3.8) is 0 Å². The van der Waals surface area contributed by atoms with Crippen LogP contribution in [-0.2, 0) is 9.59 Å². The number of nitrogens with one attached hydrogen (secondary N) is 1. The number of hydrogen-bond donors (Lipinski definition) is 2. The third kappa shape index (κ3) is 6.50. The first-order valence-electron chi connectivity index (χ1n) is 9.17. The Hall–Kier alpha value is -1.88. The van der Waals surface area contributed by atoms with Gasteiger partial charge in [-0.15, -0.1) is 0 Å². The zero-order valence-corrected chi connectivity index (χ0v) is 16.5. The van der Waals surface area contributed by atoms with Crippen molar-refractivity contribution in [1.82, 2.24) is 10.2 Å². The standard InChI is InChI=1S/C20H33N3O2/c1-7-15(4)16-8-10-17(11-9-16)20(14(2)3)22-12-19(25)23(6)13-18(24)21-5/h8-11,14-15,20,22H,7,12-13H2,1-6H3,(H,21,24)/p+1/t15-,20-/m1/s1. The second-order valence-corrected chi connectivity index (χ2v) is 7.11. The molecule has 0 aromatic heterocycles. The van der Waals surface area contributed by atoms with Gasteiger partial charge in [0.1, 0.15) is 6.04 Å². The van der Waals surface area contributed by atoms with E-state index in [1.807, 2.05) is 0 Å². The first-order chi connectivity index (χ1) is 11.8. The summed E-state index contributed by atoms with van der Waals surface area (Å²) >= 11 is 0. The fraction of sp³-hybridized carbons (Fsp3) is 0.600. The largest absolute Gasteiger partial charge is 0.358 e. The SMILES string of the molecule is CC[C@@H](C)c1ccc([C@H]([NH2+]CC(=O)N(C)CC(=O)NC)C(C)C)cc1. The Bertz CT molecular complexity index is 555. The van der Waals surface area contributed by atoms with Crippen molar-refractivity contribution in [1.29, 1.82) is 0 Å². The van der Waals surface area contributed by atoms with Crippen molar-refractivity contribution in [2.75, 3.05) is 27.2 Å². The molecule has 0 radical (unpaired) electrons. The predicted molar refractivity (Wildman–Crippen MR) is 101 cm³/mol. The smallest absolute Gasteiger partial charge is 0.277 e. The van der Waals surface area contributed by atoms with Gasteiger partial charge in [-0.25, -0.2) is 0 Å². The number of hydrogen-bond acceptors (Lipinski definition) is 2. The number of nitrogens with two attached hydrogens (primary N) is 1. The van der Waals surface area contributed by atoms with Gasteiger partial charge in [-0.3, -0.25) is 9.59 Å². The predicted octanol–water partition coefficient (Wildman–Crippen LogP) is 1.67.